The van der Waals surface area contributed by atoms with Crippen LogP contribution < -0.4 is 5.32 Å². The smallest absolute Gasteiger partial charge is 0.165 e. The van der Waals surface area contributed by atoms with Crippen molar-refractivity contribution in [3.05, 3.63) is 47.3 Å². The second-order valence-corrected chi connectivity index (χ2v) is 6.19. The molecule has 3 aromatic rings. The number of rotatable bonds is 2. The van der Waals surface area contributed by atoms with E-state index >= 15 is 0 Å². The third kappa shape index (κ3) is 2.19. The first kappa shape index (κ1) is 14.2. The standard InChI is InChI=1S/C18H21N5/c1-12-16(13-7-5-4-6-8-13)18-20-15-9-10-22(3)11-14(15)17(19-2)23(18)21-12/h4-8,19H,9-11H2,1-3H3. The summed E-state index contributed by atoms with van der Waals surface area (Å²) < 4.78 is 1.97. The predicted molar refractivity (Wildman–Crippen MR) is 92.7 cm³/mol. The zero-order valence-corrected chi connectivity index (χ0v) is 13.8. The predicted octanol–water partition coefficient (Wildman–Crippen LogP) is 2.73. The summed E-state index contributed by atoms with van der Waals surface area (Å²) in [5.74, 6) is 1.06. The molecule has 1 aromatic carbocycles. The van der Waals surface area contributed by atoms with E-state index in [9.17, 15) is 0 Å². The molecule has 0 saturated heterocycles. The molecule has 0 aliphatic carbocycles. The van der Waals surface area contributed by atoms with Crippen molar-refractivity contribution in [2.24, 2.45) is 0 Å². The van der Waals surface area contributed by atoms with Crippen molar-refractivity contribution in [2.45, 2.75) is 19.9 Å². The van der Waals surface area contributed by atoms with Gasteiger partial charge in [0.2, 0.25) is 0 Å². The lowest BCUT2D eigenvalue weighted by atomic mass is 10.0. The number of aryl methyl sites for hydroxylation is 1. The van der Waals surface area contributed by atoms with E-state index < -0.39 is 0 Å². The lowest BCUT2D eigenvalue weighted by Crippen LogP contribution is -2.29. The Balaban J connectivity index is 2.03. The molecular weight excluding hydrogens is 286 g/mol. The van der Waals surface area contributed by atoms with E-state index in [1.165, 1.54) is 16.8 Å². The molecule has 0 fully saturated rings. The number of benzene rings is 1. The Bertz CT molecular complexity index is 866. The fourth-order valence-corrected chi connectivity index (χ4v) is 3.45. The highest BCUT2D eigenvalue weighted by atomic mass is 15.3. The van der Waals surface area contributed by atoms with Crippen LogP contribution in [0.1, 0.15) is 17.0 Å². The van der Waals surface area contributed by atoms with Gasteiger partial charge >= 0.3 is 0 Å². The SMILES string of the molecule is CNc1c2c(nc3c(-c4ccccc4)c(C)nn13)CCN(C)C2. The van der Waals surface area contributed by atoms with Gasteiger partial charge in [-0.25, -0.2) is 4.98 Å². The number of aromatic nitrogens is 3. The normalized spacial score (nSPS) is 14.9. The highest BCUT2D eigenvalue weighted by molar-refractivity contribution is 5.81. The van der Waals surface area contributed by atoms with Crippen LogP contribution in [0.25, 0.3) is 16.8 Å². The van der Waals surface area contributed by atoms with Crippen LogP contribution in [-0.4, -0.2) is 40.1 Å². The number of hydrogen-bond donors (Lipinski definition) is 1. The van der Waals surface area contributed by atoms with Crippen LogP contribution in [0.15, 0.2) is 30.3 Å². The van der Waals surface area contributed by atoms with Crippen molar-refractivity contribution in [3.8, 4) is 11.1 Å². The summed E-state index contributed by atoms with van der Waals surface area (Å²) >= 11 is 0. The molecule has 5 nitrogen and oxygen atoms in total. The maximum Gasteiger partial charge on any atom is 0.165 e. The molecule has 0 amide bonds. The van der Waals surface area contributed by atoms with E-state index in [1.807, 2.05) is 17.6 Å². The summed E-state index contributed by atoms with van der Waals surface area (Å²) in [5, 5.41) is 8.11. The van der Waals surface area contributed by atoms with Crippen molar-refractivity contribution < 1.29 is 0 Å². The first-order valence-corrected chi connectivity index (χ1v) is 8.02. The largest absolute Gasteiger partial charge is 0.373 e. The van der Waals surface area contributed by atoms with Gasteiger partial charge in [0.15, 0.2) is 5.65 Å². The van der Waals surface area contributed by atoms with Crippen LogP contribution in [0.4, 0.5) is 5.82 Å². The molecule has 0 spiro atoms. The van der Waals surface area contributed by atoms with Gasteiger partial charge in [0.05, 0.1) is 11.4 Å². The second-order valence-electron chi connectivity index (χ2n) is 6.19. The first-order chi connectivity index (χ1) is 11.2. The molecule has 1 aliphatic heterocycles. The Hall–Kier alpha value is -2.40. The van der Waals surface area contributed by atoms with E-state index in [2.05, 4.69) is 48.5 Å². The molecule has 0 saturated carbocycles. The third-order valence-electron chi connectivity index (χ3n) is 4.58. The summed E-state index contributed by atoms with van der Waals surface area (Å²) in [6.45, 7) is 4.02. The lowest BCUT2D eigenvalue weighted by Gasteiger charge is -2.26. The monoisotopic (exact) mass is 307 g/mol. The average molecular weight is 307 g/mol. The van der Waals surface area contributed by atoms with Crippen molar-refractivity contribution >= 4 is 11.5 Å². The third-order valence-corrected chi connectivity index (χ3v) is 4.58. The fourth-order valence-electron chi connectivity index (χ4n) is 3.45. The zero-order valence-electron chi connectivity index (χ0n) is 13.8. The van der Waals surface area contributed by atoms with Crippen molar-refractivity contribution in [3.63, 3.8) is 0 Å². The van der Waals surface area contributed by atoms with E-state index in [0.717, 1.165) is 42.2 Å². The van der Waals surface area contributed by atoms with Crippen molar-refractivity contribution in [1.29, 1.82) is 0 Å². The summed E-state index contributed by atoms with van der Waals surface area (Å²) in [6, 6.07) is 10.4. The van der Waals surface area contributed by atoms with Crippen molar-refractivity contribution in [1.82, 2.24) is 19.5 Å². The highest BCUT2D eigenvalue weighted by Crippen LogP contribution is 2.32. The molecule has 0 atom stereocenters. The first-order valence-electron chi connectivity index (χ1n) is 8.02. The molecule has 0 radical (unpaired) electrons. The molecule has 0 unspecified atom stereocenters. The maximum absolute atomic E-state index is 4.99. The summed E-state index contributed by atoms with van der Waals surface area (Å²) in [6.07, 6.45) is 0.982. The topological polar surface area (TPSA) is 45.5 Å². The molecule has 4 rings (SSSR count). The van der Waals surface area contributed by atoms with Gasteiger partial charge in [0.1, 0.15) is 5.82 Å². The van der Waals surface area contributed by atoms with Gasteiger partial charge in [0, 0.05) is 37.7 Å². The average Bonchev–Trinajstić information content (AvgIpc) is 2.89. The molecular formula is C18H21N5. The van der Waals surface area contributed by atoms with E-state index in [1.54, 1.807) is 0 Å². The summed E-state index contributed by atoms with van der Waals surface area (Å²) in [4.78, 5) is 7.31. The Morgan fingerprint density at radius 1 is 1.17 bits per heavy atom. The van der Waals surface area contributed by atoms with Gasteiger partial charge in [-0.05, 0) is 19.5 Å². The summed E-state index contributed by atoms with van der Waals surface area (Å²) in [5.41, 5.74) is 6.71. The summed E-state index contributed by atoms with van der Waals surface area (Å²) in [7, 11) is 4.11. The molecule has 2 aromatic heterocycles. The van der Waals surface area contributed by atoms with Gasteiger partial charge in [-0.1, -0.05) is 30.3 Å². The fraction of sp³-hybridized carbons (Fsp3) is 0.333. The van der Waals surface area contributed by atoms with Gasteiger partial charge < -0.3 is 10.2 Å². The van der Waals surface area contributed by atoms with E-state index in [0.29, 0.717) is 0 Å². The van der Waals surface area contributed by atoms with E-state index in [4.69, 9.17) is 10.1 Å². The minimum absolute atomic E-state index is 0.911. The number of nitrogens with zero attached hydrogens (tertiary/aromatic N) is 4. The molecule has 3 heterocycles. The molecule has 1 aliphatic rings. The van der Waals surface area contributed by atoms with E-state index in [-0.39, 0.29) is 0 Å². The minimum Gasteiger partial charge on any atom is -0.373 e. The van der Waals surface area contributed by atoms with Gasteiger partial charge in [-0.2, -0.15) is 9.61 Å². The Morgan fingerprint density at radius 3 is 2.70 bits per heavy atom. The molecule has 23 heavy (non-hydrogen) atoms. The lowest BCUT2D eigenvalue weighted by molar-refractivity contribution is 0.310. The molecule has 0 bridgehead atoms. The Kier molecular flexibility index (Phi) is 3.31. The highest BCUT2D eigenvalue weighted by Gasteiger charge is 2.23. The van der Waals surface area contributed by atoms with Gasteiger partial charge in [-0.3, -0.25) is 0 Å². The zero-order chi connectivity index (χ0) is 16.0. The molecule has 1 N–H and O–H groups in total. The Labute approximate surface area is 136 Å². The maximum atomic E-state index is 4.99. The van der Waals surface area contributed by atoms with Crippen LogP contribution in [0.3, 0.4) is 0 Å². The quantitative estimate of drug-likeness (QED) is 0.791. The molecule has 118 valence electrons. The van der Waals surface area contributed by atoms with Crippen LogP contribution in [0.2, 0.25) is 0 Å². The van der Waals surface area contributed by atoms with Crippen LogP contribution >= 0.6 is 0 Å². The number of hydrogen-bond acceptors (Lipinski definition) is 4. The Morgan fingerprint density at radius 2 is 1.96 bits per heavy atom. The van der Waals surface area contributed by atoms with Crippen LogP contribution in [0, 0.1) is 6.92 Å². The number of anilines is 1. The second kappa shape index (κ2) is 5.35. The van der Waals surface area contributed by atoms with Gasteiger partial charge in [0.25, 0.3) is 0 Å². The van der Waals surface area contributed by atoms with Crippen LogP contribution in [-0.2, 0) is 13.0 Å². The van der Waals surface area contributed by atoms with Gasteiger partial charge in [-0.15, -0.1) is 0 Å². The minimum atomic E-state index is 0.911. The van der Waals surface area contributed by atoms with Crippen LogP contribution in [0.5, 0.6) is 0 Å². The van der Waals surface area contributed by atoms with Crippen molar-refractivity contribution in [2.75, 3.05) is 26.0 Å². The molecule has 5 heteroatoms. The number of likely N-dealkylation sites (N-methyl/N-ethyl adjacent to an activating group) is 1. The number of nitrogens with one attached hydrogen (secondary N) is 1. The number of fused-ring (bicyclic) bond motifs is 2.